The predicted molar refractivity (Wildman–Crippen MR) is 79.9 cm³/mol. The third-order valence-electron chi connectivity index (χ3n) is 2.95. The zero-order valence-corrected chi connectivity index (χ0v) is 12.1. The van der Waals surface area contributed by atoms with Gasteiger partial charge < -0.3 is 9.32 Å². The van der Waals surface area contributed by atoms with Gasteiger partial charge in [-0.15, -0.1) is 0 Å². The zero-order valence-electron chi connectivity index (χ0n) is 12.1. The second kappa shape index (κ2) is 5.33. The number of hydrogen-bond donors (Lipinski definition) is 0. The quantitative estimate of drug-likeness (QED) is 0.805. The van der Waals surface area contributed by atoms with Crippen LogP contribution in [0.5, 0.6) is 0 Å². The van der Waals surface area contributed by atoms with Crippen LogP contribution < -0.4 is 5.43 Å². The smallest absolute Gasteiger partial charge is 0.204 e. The van der Waals surface area contributed by atoms with Crippen LogP contribution in [0.15, 0.2) is 33.6 Å². The third-order valence-corrected chi connectivity index (χ3v) is 2.95. The maximum atomic E-state index is 12.5. The van der Waals surface area contributed by atoms with Crippen molar-refractivity contribution in [1.29, 1.82) is 0 Å². The van der Waals surface area contributed by atoms with Gasteiger partial charge >= 0.3 is 0 Å². The highest BCUT2D eigenvalue weighted by atomic mass is 16.3. The van der Waals surface area contributed by atoms with E-state index in [0.29, 0.717) is 16.7 Å². The molecule has 0 saturated carbocycles. The van der Waals surface area contributed by atoms with Gasteiger partial charge in [0.25, 0.3) is 0 Å². The molecule has 2 aromatic rings. The van der Waals surface area contributed by atoms with Gasteiger partial charge in [-0.2, -0.15) is 0 Å². The summed E-state index contributed by atoms with van der Waals surface area (Å²) in [6, 6.07) is 5.37. The Balaban J connectivity index is 2.80. The fourth-order valence-electron chi connectivity index (χ4n) is 1.99. The molecule has 2 rings (SSSR count). The molecule has 0 fully saturated rings. The number of fused-ring (bicyclic) bond motifs is 1. The number of carbonyl (C=O) groups is 1. The molecule has 0 aliphatic carbocycles. The van der Waals surface area contributed by atoms with Crippen LogP contribution in [0.1, 0.15) is 28.6 Å². The molecule has 1 heterocycles. The molecule has 0 aliphatic heterocycles. The first kappa shape index (κ1) is 14.1. The van der Waals surface area contributed by atoms with Gasteiger partial charge in [-0.3, -0.25) is 9.59 Å². The van der Waals surface area contributed by atoms with E-state index in [0.717, 1.165) is 5.56 Å². The summed E-state index contributed by atoms with van der Waals surface area (Å²) >= 11 is 0. The van der Waals surface area contributed by atoms with Gasteiger partial charge in [0.1, 0.15) is 16.9 Å². The zero-order chi connectivity index (χ0) is 14.9. The van der Waals surface area contributed by atoms with Gasteiger partial charge in [-0.25, -0.2) is 0 Å². The first-order valence-electron chi connectivity index (χ1n) is 6.33. The van der Waals surface area contributed by atoms with Crippen molar-refractivity contribution in [2.45, 2.75) is 13.8 Å². The summed E-state index contributed by atoms with van der Waals surface area (Å²) in [5.74, 6) is 0.00751. The lowest BCUT2D eigenvalue weighted by Gasteiger charge is -2.07. The van der Waals surface area contributed by atoms with E-state index in [1.807, 2.05) is 32.0 Å². The van der Waals surface area contributed by atoms with Crippen molar-refractivity contribution in [3.8, 4) is 0 Å². The Hall–Kier alpha value is -2.36. The van der Waals surface area contributed by atoms with E-state index in [9.17, 15) is 9.59 Å². The predicted octanol–water partition coefficient (Wildman–Crippen LogP) is 2.84. The van der Waals surface area contributed by atoms with Crippen molar-refractivity contribution >= 4 is 22.8 Å². The second-order valence-electron chi connectivity index (χ2n) is 5.01. The molecule has 0 saturated heterocycles. The molecular weight excluding hydrogens is 254 g/mol. The van der Waals surface area contributed by atoms with Crippen LogP contribution >= 0.6 is 0 Å². The molecule has 1 aromatic carbocycles. The molecule has 104 valence electrons. The Morgan fingerprint density at radius 1 is 1.30 bits per heavy atom. The fraction of sp³-hybridized carbons (Fsp3) is 0.250. The second-order valence-corrected chi connectivity index (χ2v) is 5.01. The number of rotatable bonds is 3. The van der Waals surface area contributed by atoms with E-state index >= 15 is 0 Å². The molecule has 0 aliphatic rings. The van der Waals surface area contributed by atoms with Crippen molar-refractivity contribution in [1.82, 2.24) is 4.90 Å². The minimum absolute atomic E-state index is 0.0983. The number of Topliss-reactive ketones (excluding diaryl/α,β-unsaturated/α-hetero) is 1. The van der Waals surface area contributed by atoms with Crippen LogP contribution in [0.4, 0.5) is 0 Å². The molecule has 0 radical (unpaired) electrons. The SMILES string of the molecule is CC(=O)c1c(/C=C/N(C)C)oc2ccc(C)cc2c1=O. The number of nitrogens with zero attached hydrogens (tertiary/aromatic N) is 1. The minimum Gasteiger partial charge on any atom is -0.456 e. The van der Waals surface area contributed by atoms with Crippen LogP contribution in [0.3, 0.4) is 0 Å². The molecule has 20 heavy (non-hydrogen) atoms. The van der Waals surface area contributed by atoms with E-state index in [4.69, 9.17) is 4.42 Å². The molecule has 1 aromatic heterocycles. The van der Waals surface area contributed by atoms with Gasteiger partial charge in [-0.05, 0) is 32.1 Å². The Morgan fingerprint density at radius 3 is 2.60 bits per heavy atom. The van der Waals surface area contributed by atoms with Crippen LogP contribution in [0.2, 0.25) is 0 Å². The number of aryl methyl sites for hydroxylation is 1. The molecule has 0 bridgehead atoms. The number of ketones is 1. The van der Waals surface area contributed by atoms with Crippen molar-refractivity contribution in [3.63, 3.8) is 0 Å². The number of benzene rings is 1. The summed E-state index contributed by atoms with van der Waals surface area (Å²) in [6.07, 6.45) is 3.38. The Kier molecular flexibility index (Phi) is 3.74. The minimum atomic E-state index is -0.291. The Morgan fingerprint density at radius 2 is 2.00 bits per heavy atom. The van der Waals surface area contributed by atoms with E-state index in [2.05, 4.69) is 0 Å². The first-order chi connectivity index (χ1) is 9.40. The maximum Gasteiger partial charge on any atom is 0.204 e. The highest BCUT2D eigenvalue weighted by Gasteiger charge is 2.16. The normalized spacial score (nSPS) is 11.2. The molecule has 0 amide bonds. The molecule has 0 atom stereocenters. The van der Waals surface area contributed by atoms with Gasteiger partial charge in [0.15, 0.2) is 5.78 Å². The standard InChI is InChI=1S/C16H17NO3/c1-10-5-6-13-12(9-10)16(19)15(11(2)18)14(20-13)7-8-17(3)4/h5-9H,1-4H3/b8-7+. The average Bonchev–Trinajstić information content (AvgIpc) is 2.36. The summed E-state index contributed by atoms with van der Waals surface area (Å²) in [7, 11) is 3.71. The maximum absolute atomic E-state index is 12.5. The summed E-state index contributed by atoms with van der Waals surface area (Å²) in [5, 5.41) is 0.442. The lowest BCUT2D eigenvalue weighted by atomic mass is 10.1. The van der Waals surface area contributed by atoms with E-state index < -0.39 is 0 Å². The van der Waals surface area contributed by atoms with Gasteiger partial charge in [0, 0.05) is 20.3 Å². The summed E-state index contributed by atoms with van der Waals surface area (Å²) in [4.78, 5) is 26.0. The monoisotopic (exact) mass is 271 g/mol. The Labute approximate surface area is 117 Å². The lowest BCUT2D eigenvalue weighted by molar-refractivity contribution is 0.101. The molecule has 0 N–H and O–H groups in total. The summed E-state index contributed by atoms with van der Waals surface area (Å²) in [6.45, 7) is 3.27. The van der Waals surface area contributed by atoms with Crippen molar-refractivity contribution < 1.29 is 9.21 Å². The van der Waals surface area contributed by atoms with E-state index in [1.165, 1.54) is 6.92 Å². The summed E-state index contributed by atoms with van der Waals surface area (Å²) in [5.41, 5.74) is 1.27. The highest BCUT2D eigenvalue weighted by Crippen LogP contribution is 2.18. The van der Waals surface area contributed by atoms with Gasteiger partial charge in [0.2, 0.25) is 5.43 Å². The van der Waals surface area contributed by atoms with Crippen LogP contribution in [-0.2, 0) is 0 Å². The third kappa shape index (κ3) is 2.64. The molecular formula is C16H17NO3. The average molecular weight is 271 g/mol. The fourth-order valence-corrected chi connectivity index (χ4v) is 1.99. The Bertz CT molecular complexity index is 754. The number of hydrogen-bond acceptors (Lipinski definition) is 4. The number of carbonyl (C=O) groups excluding carboxylic acids is 1. The highest BCUT2D eigenvalue weighted by molar-refractivity contribution is 5.99. The van der Waals surface area contributed by atoms with Crippen molar-refractivity contribution in [2.24, 2.45) is 0 Å². The van der Waals surface area contributed by atoms with Crippen LogP contribution in [0, 0.1) is 6.92 Å². The topological polar surface area (TPSA) is 50.5 Å². The van der Waals surface area contributed by atoms with E-state index in [1.54, 1.807) is 24.4 Å². The van der Waals surface area contributed by atoms with Crippen LogP contribution in [-0.4, -0.2) is 24.8 Å². The van der Waals surface area contributed by atoms with Crippen molar-refractivity contribution in [2.75, 3.05) is 14.1 Å². The van der Waals surface area contributed by atoms with Crippen LogP contribution in [0.25, 0.3) is 17.0 Å². The van der Waals surface area contributed by atoms with Gasteiger partial charge in [0.05, 0.1) is 5.39 Å². The van der Waals surface area contributed by atoms with Crippen molar-refractivity contribution in [3.05, 3.63) is 51.5 Å². The molecule has 0 unspecified atom stereocenters. The lowest BCUT2D eigenvalue weighted by Crippen LogP contribution is -2.15. The first-order valence-corrected chi connectivity index (χ1v) is 6.33. The van der Waals surface area contributed by atoms with Gasteiger partial charge in [-0.1, -0.05) is 11.6 Å². The van der Waals surface area contributed by atoms with E-state index in [-0.39, 0.29) is 16.8 Å². The molecule has 0 spiro atoms. The largest absolute Gasteiger partial charge is 0.456 e. The molecule has 4 heteroatoms. The molecule has 4 nitrogen and oxygen atoms in total. The summed E-state index contributed by atoms with van der Waals surface area (Å²) < 4.78 is 5.71.